The van der Waals surface area contributed by atoms with Gasteiger partial charge in [-0.2, -0.15) is 13.2 Å². The summed E-state index contributed by atoms with van der Waals surface area (Å²) in [7, 11) is 0. The predicted molar refractivity (Wildman–Crippen MR) is 85.8 cm³/mol. The summed E-state index contributed by atoms with van der Waals surface area (Å²) in [6, 6.07) is 0. The Labute approximate surface area is 137 Å². The SMILES string of the molecule is C[C@@]12CCC[C@H]1[C@@H]1[C@H](C(F)(F)F)C[C@H]3CC=CC[C@]3(C)[C@H]1CC2. The summed E-state index contributed by atoms with van der Waals surface area (Å²) in [4.78, 5) is 0. The van der Waals surface area contributed by atoms with Crippen LogP contribution < -0.4 is 0 Å². The first-order valence-electron chi connectivity index (χ1n) is 9.47. The monoisotopic (exact) mass is 326 g/mol. The second-order valence-electron chi connectivity index (χ2n) is 9.37. The zero-order valence-electron chi connectivity index (χ0n) is 14.3. The van der Waals surface area contributed by atoms with Crippen molar-refractivity contribution in [2.45, 2.75) is 71.4 Å². The van der Waals surface area contributed by atoms with E-state index in [-0.39, 0.29) is 28.6 Å². The summed E-state index contributed by atoms with van der Waals surface area (Å²) in [5.41, 5.74) is 0.281. The Bertz CT molecular complexity index is 508. The molecule has 0 unspecified atom stereocenters. The maximum absolute atomic E-state index is 14.0. The van der Waals surface area contributed by atoms with Gasteiger partial charge in [0, 0.05) is 0 Å². The molecule has 130 valence electrons. The number of alkyl halides is 3. The fraction of sp³-hybridized carbons (Fsp3) is 0.900. The number of hydrogen-bond acceptors (Lipinski definition) is 0. The van der Waals surface area contributed by atoms with Crippen molar-refractivity contribution in [3.63, 3.8) is 0 Å². The van der Waals surface area contributed by atoms with Gasteiger partial charge in [0.15, 0.2) is 0 Å². The molecule has 23 heavy (non-hydrogen) atoms. The topological polar surface area (TPSA) is 0 Å². The third-order valence-corrected chi connectivity index (χ3v) is 8.46. The van der Waals surface area contributed by atoms with Gasteiger partial charge in [-0.15, -0.1) is 0 Å². The van der Waals surface area contributed by atoms with Crippen LogP contribution in [0.3, 0.4) is 0 Å². The van der Waals surface area contributed by atoms with Gasteiger partial charge in [-0.3, -0.25) is 0 Å². The molecule has 0 saturated heterocycles. The van der Waals surface area contributed by atoms with Crippen molar-refractivity contribution in [3.8, 4) is 0 Å². The molecule has 0 aromatic rings. The number of allylic oxidation sites excluding steroid dienone is 2. The van der Waals surface area contributed by atoms with Crippen LogP contribution in [0.5, 0.6) is 0 Å². The van der Waals surface area contributed by atoms with Crippen molar-refractivity contribution in [1.82, 2.24) is 0 Å². The Kier molecular flexibility index (Phi) is 3.50. The molecule has 3 fully saturated rings. The van der Waals surface area contributed by atoms with E-state index in [2.05, 4.69) is 26.0 Å². The van der Waals surface area contributed by atoms with Crippen molar-refractivity contribution in [2.24, 2.45) is 40.4 Å². The molecule has 0 bridgehead atoms. The molecular formula is C20H29F3. The van der Waals surface area contributed by atoms with Crippen LogP contribution in [-0.2, 0) is 0 Å². The predicted octanol–water partition coefficient (Wildman–Crippen LogP) is 6.37. The number of rotatable bonds is 0. The number of halogens is 3. The van der Waals surface area contributed by atoms with Crippen LogP contribution in [0.25, 0.3) is 0 Å². The van der Waals surface area contributed by atoms with Crippen molar-refractivity contribution >= 4 is 0 Å². The van der Waals surface area contributed by atoms with Crippen molar-refractivity contribution in [1.29, 1.82) is 0 Å². The summed E-state index contributed by atoms with van der Waals surface area (Å²) in [5, 5.41) is 0. The molecule has 4 aliphatic rings. The molecule has 0 nitrogen and oxygen atoms in total. The summed E-state index contributed by atoms with van der Waals surface area (Å²) < 4.78 is 41.9. The highest BCUT2D eigenvalue weighted by atomic mass is 19.4. The smallest absolute Gasteiger partial charge is 0.171 e. The van der Waals surface area contributed by atoms with E-state index < -0.39 is 12.1 Å². The van der Waals surface area contributed by atoms with Crippen LogP contribution in [0, 0.1) is 40.4 Å². The molecule has 0 aromatic heterocycles. The van der Waals surface area contributed by atoms with E-state index in [0.29, 0.717) is 12.3 Å². The normalized spacial score (nSPS) is 52.7. The first kappa shape index (κ1) is 16.0. The van der Waals surface area contributed by atoms with Gasteiger partial charge in [0.2, 0.25) is 0 Å². The molecule has 0 radical (unpaired) electrons. The fourth-order valence-corrected chi connectivity index (χ4v) is 7.18. The zero-order valence-corrected chi connectivity index (χ0v) is 14.3. The number of fused-ring (bicyclic) bond motifs is 5. The summed E-state index contributed by atoms with van der Waals surface area (Å²) in [5.74, 6) is -0.375. The van der Waals surface area contributed by atoms with E-state index in [0.717, 1.165) is 44.9 Å². The van der Waals surface area contributed by atoms with Gasteiger partial charge in [0.25, 0.3) is 0 Å². The summed E-state index contributed by atoms with van der Waals surface area (Å²) in [6.45, 7) is 4.59. The van der Waals surface area contributed by atoms with Gasteiger partial charge >= 0.3 is 6.18 Å². The first-order chi connectivity index (χ1) is 10.8. The average Bonchev–Trinajstić information content (AvgIpc) is 2.86. The molecule has 4 aliphatic carbocycles. The second kappa shape index (κ2) is 5.02. The molecular weight excluding hydrogens is 297 g/mol. The van der Waals surface area contributed by atoms with Gasteiger partial charge in [-0.1, -0.05) is 32.4 Å². The zero-order chi connectivity index (χ0) is 16.5. The van der Waals surface area contributed by atoms with Gasteiger partial charge in [-0.25, -0.2) is 0 Å². The third kappa shape index (κ3) is 2.24. The minimum absolute atomic E-state index is 0.102. The molecule has 0 aromatic carbocycles. The lowest BCUT2D eigenvalue weighted by Gasteiger charge is -2.61. The van der Waals surface area contributed by atoms with Crippen LogP contribution in [0.1, 0.15) is 65.2 Å². The largest absolute Gasteiger partial charge is 0.392 e. The molecule has 3 heteroatoms. The fourth-order valence-electron chi connectivity index (χ4n) is 7.18. The first-order valence-corrected chi connectivity index (χ1v) is 9.47. The lowest BCUT2D eigenvalue weighted by atomic mass is 9.43. The van der Waals surface area contributed by atoms with Crippen molar-refractivity contribution < 1.29 is 13.2 Å². The van der Waals surface area contributed by atoms with Gasteiger partial charge < -0.3 is 0 Å². The van der Waals surface area contributed by atoms with E-state index in [1.807, 2.05) is 0 Å². The average molecular weight is 326 g/mol. The van der Waals surface area contributed by atoms with E-state index in [1.54, 1.807) is 0 Å². The molecule has 0 N–H and O–H groups in total. The second-order valence-corrected chi connectivity index (χ2v) is 9.37. The molecule has 7 atom stereocenters. The standard InChI is InChI=1S/C20H29F3/c1-18-9-5-7-14(18)17-15(8-11-18)19(2)10-4-3-6-13(19)12-16(17)20(21,22)23/h3-4,13-17H,5-12H2,1-2H3/t13-,14+,15+,16-,17+,18+,19+/m1/s1. The van der Waals surface area contributed by atoms with Crippen molar-refractivity contribution in [3.05, 3.63) is 12.2 Å². The maximum Gasteiger partial charge on any atom is 0.392 e. The Morgan fingerprint density at radius 3 is 2.52 bits per heavy atom. The van der Waals surface area contributed by atoms with E-state index >= 15 is 0 Å². The maximum atomic E-state index is 14.0. The van der Waals surface area contributed by atoms with Gasteiger partial charge in [-0.05, 0) is 79.4 Å². The molecule has 0 amide bonds. The van der Waals surface area contributed by atoms with Gasteiger partial charge in [0.05, 0.1) is 5.92 Å². The minimum Gasteiger partial charge on any atom is -0.171 e. The molecule has 0 spiro atoms. The van der Waals surface area contributed by atoms with Crippen LogP contribution in [0.4, 0.5) is 13.2 Å². The van der Waals surface area contributed by atoms with Crippen LogP contribution in [-0.4, -0.2) is 6.18 Å². The van der Waals surface area contributed by atoms with Gasteiger partial charge in [0.1, 0.15) is 0 Å². The third-order valence-electron chi connectivity index (χ3n) is 8.46. The Hall–Kier alpha value is -0.470. The van der Waals surface area contributed by atoms with E-state index in [4.69, 9.17) is 0 Å². The lowest BCUT2D eigenvalue weighted by Crippen LogP contribution is -2.57. The lowest BCUT2D eigenvalue weighted by molar-refractivity contribution is -0.245. The summed E-state index contributed by atoms with van der Waals surface area (Å²) >= 11 is 0. The Morgan fingerprint density at radius 2 is 1.78 bits per heavy atom. The highest BCUT2D eigenvalue weighted by molar-refractivity contribution is 5.13. The van der Waals surface area contributed by atoms with Crippen LogP contribution in [0.2, 0.25) is 0 Å². The highest BCUT2D eigenvalue weighted by Gasteiger charge is 2.64. The Balaban J connectivity index is 1.77. The molecule has 0 heterocycles. The quantitative estimate of drug-likeness (QED) is 0.453. The van der Waals surface area contributed by atoms with E-state index in [1.165, 1.54) is 0 Å². The van der Waals surface area contributed by atoms with Crippen molar-refractivity contribution in [2.75, 3.05) is 0 Å². The van der Waals surface area contributed by atoms with Crippen LogP contribution >= 0.6 is 0 Å². The van der Waals surface area contributed by atoms with E-state index in [9.17, 15) is 13.2 Å². The molecule has 3 saturated carbocycles. The highest BCUT2D eigenvalue weighted by Crippen LogP contribution is 2.68. The molecule has 0 aliphatic heterocycles. The number of hydrogen-bond donors (Lipinski definition) is 0. The Morgan fingerprint density at radius 1 is 1.00 bits per heavy atom. The summed E-state index contributed by atoms with van der Waals surface area (Å²) in [6.07, 6.45) is 8.04. The van der Waals surface area contributed by atoms with Crippen LogP contribution in [0.15, 0.2) is 12.2 Å². The minimum atomic E-state index is -4.02. The molecule has 4 rings (SSSR count).